The monoisotopic (exact) mass is 420 g/mol. The number of nitrogens with zero attached hydrogens (tertiary/aromatic N) is 2. The van der Waals surface area contributed by atoms with Gasteiger partial charge in [-0.25, -0.2) is 0 Å². The Morgan fingerprint density at radius 3 is 2.00 bits per heavy atom. The van der Waals surface area contributed by atoms with Gasteiger partial charge in [-0.15, -0.1) is 0 Å². The Labute approximate surface area is 162 Å². The Balaban J connectivity index is 2.45. The average molecular weight is 422 g/mol. The zero-order valence-electron chi connectivity index (χ0n) is 13.4. The Hall–Kier alpha value is -0.783. The van der Waals surface area contributed by atoms with Crippen LogP contribution in [-0.2, 0) is 11.3 Å². The molecule has 0 aliphatic heterocycles. The molecule has 0 fully saturated rings. The molecular formula is C16H16Cl4N2OSi. The molecular weight excluding hydrogens is 406 g/mol. The number of rotatable bonds is 4. The van der Waals surface area contributed by atoms with E-state index in [2.05, 4.69) is 24.7 Å². The minimum absolute atomic E-state index is 0.0207. The Kier molecular flexibility index (Phi) is 6.21. The van der Waals surface area contributed by atoms with Gasteiger partial charge < -0.3 is 4.67 Å². The molecule has 2 rings (SSSR count). The zero-order valence-corrected chi connectivity index (χ0v) is 17.4. The number of hydrogen-bond acceptors (Lipinski definition) is 3. The van der Waals surface area contributed by atoms with Gasteiger partial charge in [0, 0.05) is 0 Å². The van der Waals surface area contributed by atoms with E-state index in [-0.39, 0.29) is 25.8 Å². The molecule has 128 valence electrons. The van der Waals surface area contributed by atoms with Crippen molar-refractivity contribution in [1.29, 1.82) is 0 Å². The third kappa shape index (κ3) is 4.24. The van der Waals surface area contributed by atoms with Crippen molar-refractivity contribution in [3.8, 4) is 0 Å². The van der Waals surface area contributed by atoms with E-state index in [1.165, 1.54) is 0 Å². The maximum atomic E-state index is 12.4. The van der Waals surface area contributed by atoms with Crippen LogP contribution in [0.5, 0.6) is 0 Å². The van der Waals surface area contributed by atoms with Gasteiger partial charge in [0.1, 0.15) is 5.03 Å². The van der Waals surface area contributed by atoms with Gasteiger partial charge in [-0.05, 0) is 5.56 Å². The molecule has 1 aliphatic carbocycles. The number of allylic oxidation sites excluding steroid dienone is 4. The molecule has 0 aromatic heterocycles. The summed E-state index contributed by atoms with van der Waals surface area (Å²) in [7, 11) is -1.90. The highest BCUT2D eigenvalue weighted by Gasteiger charge is 2.33. The molecule has 0 spiro atoms. The summed E-state index contributed by atoms with van der Waals surface area (Å²) >= 11 is 24.1. The second-order valence-electron chi connectivity index (χ2n) is 6.25. The first kappa shape index (κ1) is 19.5. The lowest BCUT2D eigenvalue weighted by molar-refractivity contribution is -0.109. The number of benzene rings is 1. The van der Waals surface area contributed by atoms with Crippen LogP contribution in [0.3, 0.4) is 0 Å². The van der Waals surface area contributed by atoms with Crippen LogP contribution in [0.4, 0.5) is 0 Å². The Morgan fingerprint density at radius 2 is 1.46 bits per heavy atom. The zero-order chi connectivity index (χ0) is 18.1. The van der Waals surface area contributed by atoms with E-state index in [1.54, 1.807) is 0 Å². The largest absolute Gasteiger partial charge is 0.320 e. The fourth-order valence-corrected chi connectivity index (χ4v) is 3.91. The van der Waals surface area contributed by atoms with E-state index in [4.69, 9.17) is 46.4 Å². The van der Waals surface area contributed by atoms with Crippen molar-refractivity contribution in [1.82, 2.24) is 4.67 Å². The average Bonchev–Trinajstić information content (AvgIpc) is 2.54. The van der Waals surface area contributed by atoms with Crippen molar-refractivity contribution >= 4 is 66.1 Å². The molecule has 3 nitrogen and oxygen atoms in total. The molecule has 0 heterocycles. The van der Waals surface area contributed by atoms with Crippen molar-refractivity contribution < 1.29 is 4.79 Å². The third-order valence-electron chi connectivity index (χ3n) is 3.37. The fourth-order valence-electron chi connectivity index (χ4n) is 1.99. The predicted molar refractivity (Wildman–Crippen MR) is 105 cm³/mol. The van der Waals surface area contributed by atoms with Gasteiger partial charge in [0.25, 0.3) is 0 Å². The Bertz CT molecular complexity index is 751. The summed E-state index contributed by atoms with van der Waals surface area (Å²) in [4.78, 5) is 12.4. The van der Waals surface area contributed by atoms with Crippen LogP contribution in [-0.4, -0.2) is 24.4 Å². The van der Waals surface area contributed by atoms with Gasteiger partial charge >= 0.3 is 0 Å². The minimum Gasteiger partial charge on any atom is -0.320 e. The first-order chi connectivity index (χ1) is 11.1. The standard InChI is InChI=1S/C16H16Cl4N2OSi/c1-24(2,3)22(9-10-7-5-4-6-8-10)21-15-13(19)11(17)12(18)14(20)16(15)23/h4-8H,9H2,1-3H3. The number of Topliss-reactive ketones (excluding diaryl/α,β-unsaturated/α-hetero) is 1. The number of hydrazone groups is 1. The summed E-state index contributed by atoms with van der Waals surface area (Å²) in [6.07, 6.45) is 0. The van der Waals surface area contributed by atoms with Gasteiger partial charge in [0.05, 0.1) is 21.6 Å². The number of ketones is 1. The normalized spacial score (nSPS) is 17.8. The maximum Gasteiger partial charge on any atom is 0.227 e. The van der Waals surface area contributed by atoms with Crippen LogP contribution in [0.25, 0.3) is 0 Å². The molecule has 8 heteroatoms. The molecule has 0 atom stereocenters. The molecule has 0 radical (unpaired) electrons. The quantitative estimate of drug-likeness (QED) is 0.358. The van der Waals surface area contributed by atoms with Gasteiger partial charge in [0.2, 0.25) is 5.78 Å². The summed E-state index contributed by atoms with van der Waals surface area (Å²) in [5.74, 6) is -0.521. The van der Waals surface area contributed by atoms with Crippen molar-refractivity contribution in [3.63, 3.8) is 0 Å². The SMILES string of the molecule is C[Si](C)(C)N(Cc1ccccc1)N=C1C(=O)C(Cl)=C(Cl)C(Cl)=C1Cl. The van der Waals surface area contributed by atoms with Crippen LogP contribution in [0.15, 0.2) is 55.6 Å². The van der Waals surface area contributed by atoms with Crippen LogP contribution in [0, 0.1) is 0 Å². The number of carbonyl (C=O) groups is 1. The fraction of sp³-hybridized carbons (Fsp3) is 0.250. The molecule has 0 amide bonds. The summed E-state index contributed by atoms with van der Waals surface area (Å²) < 4.78 is 1.91. The van der Waals surface area contributed by atoms with Crippen molar-refractivity contribution in [2.24, 2.45) is 5.10 Å². The lowest BCUT2D eigenvalue weighted by Gasteiger charge is -2.32. The molecule has 1 aromatic carbocycles. The summed E-state index contributed by atoms with van der Waals surface area (Å²) in [5.41, 5.74) is 1.10. The number of hydrogen-bond donors (Lipinski definition) is 0. The van der Waals surface area contributed by atoms with Crippen LogP contribution < -0.4 is 0 Å². The Morgan fingerprint density at radius 1 is 0.917 bits per heavy atom. The van der Waals surface area contributed by atoms with Crippen LogP contribution >= 0.6 is 46.4 Å². The van der Waals surface area contributed by atoms with E-state index in [1.807, 2.05) is 35.0 Å². The second kappa shape index (κ2) is 7.62. The summed E-state index contributed by atoms with van der Waals surface area (Å²) in [6.45, 7) is 6.93. The number of carbonyl (C=O) groups excluding carboxylic acids is 1. The van der Waals surface area contributed by atoms with Gasteiger partial charge in [-0.3, -0.25) is 4.79 Å². The van der Waals surface area contributed by atoms with Gasteiger partial charge in [0.15, 0.2) is 13.9 Å². The van der Waals surface area contributed by atoms with E-state index in [0.717, 1.165) is 5.56 Å². The molecule has 0 N–H and O–H groups in total. The van der Waals surface area contributed by atoms with Crippen LogP contribution in [0.2, 0.25) is 19.6 Å². The molecule has 0 bridgehead atoms. The minimum atomic E-state index is -1.90. The van der Waals surface area contributed by atoms with E-state index in [0.29, 0.717) is 6.54 Å². The first-order valence-electron chi connectivity index (χ1n) is 7.19. The molecule has 1 aromatic rings. The predicted octanol–water partition coefficient (Wildman–Crippen LogP) is 5.64. The highest BCUT2D eigenvalue weighted by molar-refractivity contribution is 6.75. The maximum absolute atomic E-state index is 12.4. The summed E-state index contributed by atoms with van der Waals surface area (Å²) in [6, 6.07) is 9.87. The second-order valence-corrected chi connectivity index (χ2v) is 12.6. The van der Waals surface area contributed by atoms with Gasteiger partial charge in [-0.1, -0.05) is 96.4 Å². The van der Waals surface area contributed by atoms with E-state index >= 15 is 0 Å². The van der Waals surface area contributed by atoms with Crippen LogP contribution in [0.1, 0.15) is 5.56 Å². The highest BCUT2D eigenvalue weighted by atomic mass is 35.5. The lowest BCUT2D eigenvalue weighted by atomic mass is 10.1. The van der Waals surface area contributed by atoms with E-state index in [9.17, 15) is 4.79 Å². The third-order valence-corrected chi connectivity index (χ3v) is 6.95. The van der Waals surface area contributed by atoms with E-state index < -0.39 is 14.0 Å². The first-order valence-corrected chi connectivity index (χ1v) is 12.1. The van der Waals surface area contributed by atoms with Crippen molar-refractivity contribution in [3.05, 3.63) is 56.0 Å². The highest BCUT2D eigenvalue weighted by Crippen LogP contribution is 2.36. The molecule has 0 saturated heterocycles. The molecule has 1 aliphatic rings. The van der Waals surface area contributed by atoms with Crippen molar-refractivity contribution in [2.45, 2.75) is 26.2 Å². The van der Waals surface area contributed by atoms with Crippen molar-refractivity contribution in [2.75, 3.05) is 0 Å². The van der Waals surface area contributed by atoms with Gasteiger partial charge in [-0.2, -0.15) is 5.10 Å². The molecule has 0 saturated carbocycles. The lowest BCUT2D eigenvalue weighted by Crippen LogP contribution is -2.43. The molecule has 0 unspecified atom stereocenters. The smallest absolute Gasteiger partial charge is 0.227 e. The molecule has 24 heavy (non-hydrogen) atoms. The topological polar surface area (TPSA) is 32.7 Å². The number of halogens is 4. The summed E-state index contributed by atoms with van der Waals surface area (Å²) in [5, 5.41) is 4.36.